The summed E-state index contributed by atoms with van der Waals surface area (Å²) in [7, 11) is 0. The number of benzene rings is 1. The molecule has 3 atom stereocenters. The highest BCUT2D eigenvalue weighted by Gasteiger charge is 2.50. The Morgan fingerprint density at radius 2 is 2.10 bits per heavy atom. The van der Waals surface area contributed by atoms with Crippen LogP contribution in [0.2, 0.25) is 5.02 Å². The molecule has 2 aliphatic heterocycles. The Labute approximate surface area is 131 Å². The average Bonchev–Trinajstić information content (AvgIpc) is 3.02. The maximum atomic E-state index is 6.27. The lowest BCUT2D eigenvalue weighted by Gasteiger charge is -2.35. The molecule has 2 aliphatic rings. The fraction of sp³-hybridized carbons (Fsp3) is 0.333. The molecule has 1 aromatic carbocycles. The maximum absolute atomic E-state index is 6.27. The second kappa shape index (κ2) is 5.36. The number of halogens is 1. The molecule has 0 radical (unpaired) electrons. The van der Waals surface area contributed by atoms with Crippen LogP contribution in [0.1, 0.15) is 20.3 Å². The smallest absolute Gasteiger partial charge is 0.129 e. The van der Waals surface area contributed by atoms with E-state index in [9.17, 15) is 0 Å². The van der Waals surface area contributed by atoms with Crippen molar-refractivity contribution < 1.29 is 4.74 Å². The lowest BCUT2D eigenvalue weighted by atomic mass is 9.81. The van der Waals surface area contributed by atoms with Gasteiger partial charge in [-0.05, 0) is 61.8 Å². The summed E-state index contributed by atoms with van der Waals surface area (Å²) in [6, 6.07) is 7.89. The average molecular weight is 302 g/mol. The van der Waals surface area contributed by atoms with Gasteiger partial charge in [0.05, 0.1) is 12.1 Å². The molecule has 2 bridgehead atoms. The van der Waals surface area contributed by atoms with Crippen molar-refractivity contribution in [1.82, 2.24) is 0 Å². The van der Waals surface area contributed by atoms with Gasteiger partial charge in [0, 0.05) is 10.7 Å². The Balaban J connectivity index is 1.90. The predicted octanol–water partition coefficient (Wildman–Crippen LogP) is 4.74. The summed E-state index contributed by atoms with van der Waals surface area (Å²) in [6.45, 7) is 8.21. The molecule has 3 rings (SSSR count). The highest BCUT2D eigenvalue weighted by atomic mass is 35.5. The van der Waals surface area contributed by atoms with Gasteiger partial charge in [0.15, 0.2) is 0 Å². The van der Waals surface area contributed by atoms with Gasteiger partial charge >= 0.3 is 0 Å². The quantitative estimate of drug-likeness (QED) is 0.793. The summed E-state index contributed by atoms with van der Waals surface area (Å²) in [5.74, 6) is 0. The molecule has 0 aromatic heterocycles. The van der Waals surface area contributed by atoms with Gasteiger partial charge in [0.25, 0.3) is 0 Å². The third kappa shape index (κ3) is 2.33. The Morgan fingerprint density at radius 1 is 1.38 bits per heavy atom. The second-order valence-electron chi connectivity index (χ2n) is 5.73. The summed E-state index contributed by atoms with van der Waals surface area (Å²) < 4.78 is 6.27. The number of hydrogen-bond donors (Lipinski definition) is 1. The van der Waals surface area contributed by atoms with E-state index in [0.29, 0.717) is 0 Å². The number of nitrogens with one attached hydrogen (secondary N) is 1. The predicted molar refractivity (Wildman–Crippen MR) is 88.8 cm³/mol. The van der Waals surface area contributed by atoms with Crippen LogP contribution >= 0.6 is 11.6 Å². The third-order valence-corrected chi connectivity index (χ3v) is 4.80. The van der Waals surface area contributed by atoms with Gasteiger partial charge in [0.2, 0.25) is 0 Å². The van der Waals surface area contributed by atoms with Gasteiger partial charge in [-0.1, -0.05) is 23.8 Å². The minimum absolute atomic E-state index is 0.120. The van der Waals surface area contributed by atoms with E-state index >= 15 is 0 Å². The Morgan fingerprint density at radius 3 is 2.67 bits per heavy atom. The summed E-state index contributed by atoms with van der Waals surface area (Å²) in [6.07, 6.45) is 7.24. The molecule has 2 heterocycles. The van der Waals surface area contributed by atoms with Gasteiger partial charge < -0.3 is 10.1 Å². The standard InChI is InChI=1S/C18H20ClNO/c1-4-5-17(20-15-8-6-14(19)7-9-15)18-11-10-16(21-18)12(2)13(18)3/h4,6-11,16-17,20H,1,5H2,2-3H3/t16?,17-,18?/m1/s1. The van der Waals surface area contributed by atoms with Crippen molar-refractivity contribution in [2.45, 2.75) is 38.0 Å². The lowest BCUT2D eigenvalue weighted by molar-refractivity contribution is 0.0284. The first kappa shape index (κ1) is 14.4. The molecule has 1 N–H and O–H groups in total. The first-order valence-electron chi connectivity index (χ1n) is 7.25. The molecule has 21 heavy (non-hydrogen) atoms. The van der Waals surface area contributed by atoms with Crippen LogP contribution in [0.5, 0.6) is 0 Å². The zero-order valence-electron chi connectivity index (χ0n) is 12.4. The van der Waals surface area contributed by atoms with Crippen molar-refractivity contribution in [2.24, 2.45) is 0 Å². The summed E-state index contributed by atoms with van der Waals surface area (Å²) in [4.78, 5) is 0. The van der Waals surface area contributed by atoms with Crippen LogP contribution in [0, 0.1) is 0 Å². The Bertz CT molecular complexity index is 617. The summed E-state index contributed by atoms with van der Waals surface area (Å²) >= 11 is 5.95. The number of anilines is 1. The zero-order chi connectivity index (χ0) is 15.0. The van der Waals surface area contributed by atoms with Crippen molar-refractivity contribution in [1.29, 1.82) is 0 Å². The zero-order valence-corrected chi connectivity index (χ0v) is 13.2. The van der Waals surface area contributed by atoms with Gasteiger partial charge in [-0.25, -0.2) is 0 Å². The summed E-state index contributed by atoms with van der Waals surface area (Å²) in [5, 5.41) is 4.32. The second-order valence-corrected chi connectivity index (χ2v) is 6.16. The third-order valence-electron chi connectivity index (χ3n) is 4.55. The number of fused-ring (bicyclic) bond motifs is 2. The van der Waals surface area contributed by atoms with Gasteiger partial charge in [0.1, 0.15) is 5.60 Å². The number of ether oxygens (including phenoxy) is 1. The van der Waals surface area contributed by atoms with Crippen molar-refractivity contribution in [2.75, 3.05) is 5.32 Å². The first-order chi connectivity index (χ1) is 10.1. The molecule has 0 fully saturated rings. The normalized spacial score (nSPS) is 28.0. The fourth-order valence-electron chi connectivity index (χ4n) is 3.20. The Kier molecular flexibility index (Phi) is 3.68. The fourth-order valence-corrected chi connectivity index (χ4v) is 3.33. The van der Waals surface area contributed by atoms with E-state index < -0.39 is 0 Å². The van der Waals surface area contributed by atoms with E-state index in [4.69, 9.17) is 16.3 Å². The minimum atomic E-state index is -0.359. The maximum Gasteiger partial charge on any atom is 0.129 e. The van der Waals surface area contributed by atoms with Crippen LogP contribution in [0.4, 0.5) is 5.69 Å². The van der Waals surface area contributed by atoms with Gasteiger partial charge in [-0.2, -0.15) is 0 Å². The van der Waals surface area contributed by atoms with Crippen molar-refractivity contribution in [3.8, 4) is 0 Å². The Hall–Kier alpha value is -1.51. The van der Waals surface area contributed by atoms with Crippen LogP contribution in [0.25, 0.3) is 0 Å². The molecule has 0 saturated heterocycles. The molecule has 0 aliphatic carbocycles. The highest BCUT2D eigenvalue weighted by Crippen LogP contribution is 2.46. The molecule has 3 heteroatoms. The molecule has 0 saturated carbocycles. The summed E-state index contributed by atoms with van der Waals surface area (Å²) in [5.41, 5.74) is 3.31. The molecule has 1 aromatic rings. The van der Waals surface area contributed by atoms with E-state index in [2.05, 4.69) is 37.9 Å². The topological polar surface area (TPSA) is 21.3 Å². The van der Waals surface area contributed by atoms with E-state index in [0.717, 1.165) is 17.1 Å². The van der Waals surface area contributed by atoms with E-state index in [-0.39, 0.29) is 17.7 Å². The number of rotatable bonds is 5. The lowest BCUT2D eigenvalue weighted by Crippen LogP contribution is -2.45. The highest BCUT2D eigenvalue weighted by molar-refractivity contribution is 6.30. The molecule has 0 amide bonds. The molecule has 2 unspecified atom stereocenters. The van der Waals surface area contributed by atoms with E-state index in [1.165, 1.54) is 11.1 Å². The molecule has 110 valence electrons. The molecule has 0 spiro atoms. The van der Waals surface area contributed by atoms with Crippen LogP contribution in [-0.4, -0.2) is 17.7 Å². The van der Waals surface area contributed by atoms with Gasteiger partial charge in [-0.15, -0.1) is 6.58 Å². The van der Waals surface area contributed by atoms with Crippen molar-refractivity contribution in [3.05, 3.63) is 65.2 Å². The molecular formula is C18H20ClNO. The van der Waals surface area contributed by atoms with Crippen LogP contribution in [0.15, 0.2) is 60.2 Å². The largest absolute Gasteiger partial charge is 0.378 e. The minimum Gasteiger partial charge on any atom is -0.378 e. The van der Waals surface area contributed by atoms with Crippen molar-refractivity contribution in [3.63, 3.8) is 0 Å². The van der Waals surface area contributed by atoms with E-state index in [1.807, 2.05) is 30.3 Å². The SMILES string of the molecule is C=CC[C@@H](Nc1ccc(Cl)cc1)C12C=CC(O1)C(C)=C2C. The monoisotopic (exact) mass is 301 g/mol. The van der Waals surface area contributed by atoms with Crippen molar-refractivity contribution >= 4 is 17.3 Å². The van der Waals surface area contributed by atoms with Gasteiger partial charge in [-0.3, -0.25) is 0 Å². The van der Waals surface area contributed by atoms with E-state index in [1.54, 1.807) is 0 Å². The van der Waals surface area contributed by atoms with Crippen LogP contribution in [0.3, 0.4) is 0 Å². The molecule has 2 nitrogen and oxygen atoms in total. The van der Waals surface area contributed by atoms with Crippen LogP contribution < -0.4 is 5.32 Å². The number of hydrogen-bond acceptors (Lipinski definition) is 2. The molecular weight excluding hydrogens is 282 g/mol. The van der Waals surface area contributed by atoms with Crippen LogP contribution in [-0.2, 0) is 4.74 Å². The first-order valence-corrected chi connectivity index (χ1v) is 7.62.